The van der Waals surface area contributed by atoms with E-state index in [0.29, 0.717) is 30.5 Å². The molecular weight excluding hydrogens is 370 g/mol. The third kappa shape index (κ3) is 4.81. The van der Waals surface area contributed by atoms with E-state index in [9.17, 15) is 14.7 Å². The summed E-state index contributed by atoms with van der Waals surface area (Å²) in [6, 6.07) is 8.89. The van der Waals surface area contributed by atoms with Crippen molar-refractivity contribution in [1.29, 1.82) is 0 Å². The van der Waals surface area contributed by atoms with E-state index in [2.05, 4.69) is 0 Å². The number of allylic oxidation sites excluding steroid dienone is 1. The highest BCUT2D eigenvalue weighted by atomic mass is 16.6. The Morgan fingerprint density at radius 3 is 2.34 bits per heavy atom. The summed E-state index contributed by atoms with van der Waals surface area (Å²) in [6.07, 6.45) is 3.44. The standard InChI is InChI=1S/C23H31NO5/c1-5-6-12-23(27,16-10-8-7-9-11-16)20(25)28-15-19-17-13-24(14-18(17)19)21(26)29-22(2,3)4/h5-11,17-19,27H,12-15H2,1-4H3/b6-5+. The zero-order valence-corrected chi connectivity index (χ0v) is 17.6. The van der Waals surface area contributed by atoms with Crippen LogP contribution >= 0.6 is 0 Å². The number of carbonyl (C=O) groups is 2. The zero-order chi connectivity index (χ0) is 21.2. The lowest BCUT2D eigenvalue weighted by Crippen LogP contribution is -2.39. The third-order valence-electron chi connectivity index (χ3n) is 5.67. The highest BCUT2D eigenvalue weighted by molar-refractivity contribution is 5.81. The number of piperidine rings is 1. The molecule has 29 heavy (non-hydrogen) atoms. The first kappa shape index (κ1) is 21.4. The molecule has 3 rings (SSSR count). The van der Waals surface area contributed by atoms with Gasteiger partial charge in [-0.15, -0.1) is 0 Å². The minimum absolute atomic E-state index is 0.163. The van der Waals surface area contributed by atoms with E-state index in [-0.39, 0.29) is 25.0 Å². The number of esters is 1. The van der Waals surface area contributed by atoms with Crippen LogP contribution in [0.5, 0.6) is 0 Å². The van der Waals surface area contributed by atoms with Gasteiger partial charge in [-0.25, -0.2) is 9.59 Å². The zero-order valence-electron chi connectivity index (χ0n) is 17.6. The quantitative estimate of drug-likeness (QED) is 0.583. The Balaban J connectivity index is 1.53. The van der Waals surface area contributed by atoms with Crippen LogP contribution in [0, 0.1) is 17.8 Å². The highest BCUT2D eigenvalue weighted by Gasteiger charge is 2.57. The molecule has 2 fully saturated rings. The molecule has 1 aromatic carbocycles. The number of nitrogens with zero attached hydrogens (tertiary/aromatic N) is 1. The highest BCUT2D eigenvalue weighted by Crippen LogP contribution is 2.52. The maximum Gasteiger partial charge on any atom is 0.410 e. The topological polar surface area (TPSA) is 76.1 Å². The fraction of sp³-hybridized carbons (Fsp3) is 0.565. The van der Waals surface area contributed by atoms with E-state index in [1.807, 2.05) is 33.8 Å². The van der Waals surface area contributed by atoms with Crippen LogP contribution in [-0.2, 0) is 19.9 Å². The van der Waals surface area contributed by atoms with Crippen LogP contribution in [0.3, 0.4) is 0 Å². The van der Waals surface area contributed by atoms with Gasteiger partial charge in [0, 0.05) is 25.4 Å². The normalized spacial score (nSPS) is 25.4. The predicted molar refractivity (Wildman–Crippen MR) is 109 cm³/mol. The number of carbonyl (C=O) groups excluding carboxylic acids is 2. The lowest BCUT2D eigenvalue weighted by molar-refractivity contribution is -0.167. The Bertz CT molecular complexity index is 757. The number of amides is 1. The largest absolute Gasteiger partial charge is 0.463 e. The molecule has 1 amide bonds. The number of likely N-dealkylation sites (tertiary alicyclic amines) is 1. The van der Waals surface area contributed by atoms with Gasteiger partial charge in [-0.05, 0) is 45.1 Å². The summed E-state index contributed by atoms with van der Waals surface area (Å²) < 4.78 is 11.0. The molecule has 1 heterocycles. The van der Waals surface area contributed by atoms with Crippen molar-refractivity contribution in [2.24, 2.45) is 17.8 Å². The molecule has 3 unspecified atom stereocenters. The van der Waals surface area contributed by atoms with E-state index >= 15 is 0 Å². The molecule has 0 radical (unpaired) electrons. The van der Waals surface area contributed by atoms with E-state index in [0.717, 1.165) is 0 Å². The smallest absolute Gasteiger partial charge is 0.410 e. The van der Waals surface area contributed by atoms with E-state index in [1.54, 1.807) is 41.3 Å². The summed E-state index contributed by atoms with van der Waals surface area (Å²) in [6.45, 7) is 8.93. The first-order chi connectivity index (χ1) is 13.7. The lowest BCUT2D eigenvalue weighted by atomic mass is 9.90. The molecule has 0 bridgehead atoms. The van der Waals surface area contributed by atoms with Gasteiger partial charge < -0.3 is 19.5 Å². The maximum atomic E-state index is 12.8. The van der Waals surface area contributed by atoms with Crippen molar-refractivity contribution in [3.63, 3.8) is 0 Å². The van der Waals surface area contributed by atoms with Crippen LogP contribution in [0.1, 0.15) is 39.7 Å². The summed E-state index contributed by atoms with van der Waals surface area (Å²) in [7, 11) is 0. The summed E-state index contributed by atoms with van der Waals surface area (Å²) in [4.78, 5) is 26.7. The number of ether oxygens (including phenoxy) is 2. The van der Waals surface area contributed by atoms with Crippen LogP contribution in [0.2, 0.25) is 0 Å². The van der Waals surface area contributed by atoms with Crippen LogP contribution in [-0.4, -0.2) is 47.4 Å². The van der Waals surface area contributed by atoms with Crippen LogP contribution in [0.15, 0.2) is 42.5 Å². The van der Waals surface area contributed by atoms with Crippen molar-refractivity contribution in [1.82, 2.24) is 4.90 Å². The molecule has 1 aromatic rings. The average molecular weight is 402 g/mol. The van der Waals surface area contributed by atoms with Gasteiger partial charge in [0.2, 0.25) is 0 Å². The molecule has 158 valence electrons. The number of hydrogen-bond acceptors (Lipinski definition) is 5. The monoisotopic (exact) mass is 401 g/mol. The molecule has 1 aliphatic heterocycles. The molecule has 1 aliphatic carbocycles. The lowest BCUT2D eigenvalue weighted by Gasteiger charge is -2.27. The minimum Gasteiger partial charge on any atom is -0.463 e. The molecule has 6 nitrogen and oxygen atoms in total. The minimum atomic E-state index is -1.69. The van der Waals surface area contributed by atoms with Gasteiger partial charge in [0.25, 0.3) is 0 Å². The molecule has 3 atom stereocenters. The predicted octanol–water partition coefficient (Wildman–Crippen LogP) is 3.50. The Kier molecular flexibility index (Phi) is 6.03. The summed E-state index contributed by atoms with van der Waals surface area (Å²) in [5.74, 6) is 0.265. The van der Waals surface area contributed by atoms with Gasteiger partial charge in [0.15, 0.2) is 5.60 Å². The number of hydrogen-bond donors (Lipinski definition) is 1. The number of aliphatic hydroxyl groups is 1. The Labute approximate surface area is 172 Å². The molecule has 1 saturated heterocycles. The van der Waals surface area contributed by atoms with E-state index in [1.165, 1.54) is 0 Å². The van der Waals surface area contributed by atoms with Crippen molar-refractivity contribution >= 4 is 12.1 Å². The van der Waals surface area contributed by atoms with Crippen molar-refractivity contribution in [3.8, 4) is 0 Å². The Morgan fingerprint density at radius 1 is 1.17 bits per heavy atom. The second kappa shape index (κ2) is 8.19. The van der Waals surface area contributed by atoms with Gasteiger partial charge in [0.05, 0.1) is 6.61 Å². The summed E-state index contributed by atoms with van der Waals surface area (Å²) in [5, 5.41) is 11.0. The van der Waals surface area contributed by atoms with Gasteiger partial charge in [-0.2, -0.15) is 0 Å². The second-order valence-corrected chi connectivity index (χ2v) is 8.97. The molecule has 1 N–H and O–H groups in total. The van der Waals surface area contributed by atoms with Crippen molar-refractivity contribution in [3.05, 3.63) is 48.0 Å². The molecule has 2 aliphatic rings. The fourth-order valence-electron chi connectivity index (χ4n) is 3.98. The third-order valence-corrected chi connectivity index (χ3v) is 5.67. The van der Waals surface area contributed by atoms with Crippen LogP contribution in [0.25, 0.3) is 0 Å². The second-order valence-electron chi connectivity index (χ2n) is 8.97. The van der Waals surface area contributed by atoms with Crippen molar-refractivity contribution in [2.45, 2.75) is 45.3 Å². The van der Waals surface area contributed by atoms with Gasteiger partial charge in [-0.3, -0.25) is 0 Å². The summed E-state index contributed by atoms with van der Waals surface area (Å²) in [5.41, 5.74) is -1.68. The average Bonchev–Trinajstić information content (AvgIpc) is 3.11. The number of benzene rings is 1. The van der Waals surface area contributed by atoms with Crippen molar-refractivity contribution in [2.75, 3.05) is 19.7 Å². The van der Waals surface area contributed by atoms with Crippen molar-refractivity contribution < 1.29 is 24.2 Å². The van der Waals surface area contributed by atoms with E-state index in [4.69, 9.17) is 9.47 Å². The van der Waals surface area contributed by atoms with Gasteiger partial charge in [0.1, 0.15) is 5.60 Å². The Morgan fingerprint density at radius 2 is 1.79 bits per heavy atom. The number of fused-ring (bicyclic) bond motifs is 1. The fourth-order valence-corrected chi connectivity index (χ4v) is 3.98. The first-order valence-electron chi connectivity index (χ1n) is 10.2. The molecule has 6 heteroatoms. The molecule has 0 aromatic heterocycles. The molecule has 1 saturated carbocycles. The van der Waals surface area contributed by atoms with Gasteiger partial charge >= 0.3 is 12.1 Å². The number of rotatable bonds is 6. The SMILES string of the molecule is C/C=C/CC(O)(C(=O)OCC1C2CN(C(=O)OC(C)(C)C)CC12)c1ccccc1. The van der Waals surface area contributed by atoms with E-state index < -0.39 is 17.2 Å². The maximum absolute atomic E-state index is 12.8. The molecule has 0 spiro atoms. The van der Waals surface area contributed by atoms with Crippen LogP contribution < -0.4 is 0 Å². The first-order valence-corrected chi connectivity index (χ1v) is 10.2. The molecular formula is C23H31NO5. The van der Waals surface area contributed by atoms with Crippen LogP contribution in [0.4, 0.5) is 4.79 Å². The summed E-state index contributed by atoms with van der Waals surface area (Å²) >= 11 is 0. The Hall–Kier alpha value is -2.34. The van der Waals surface area contributed by atoms with Gasteiger partial charge in [-0.1, -0.05) is 42.5 Å².